The van der Waals surface area contributed by atoms with Gasteiger partial charge in [0.15, 0.2) is 0 Å². The lowest BCUT2D eigenvalue weighted by molar-refractivity contribution is -0.121. The summed E-state index contributed by atoms with van der Waals surface area (Å²) in [5.41, 5.74) is 2.81. The number of carbonyl (C=O) groups is 1. The first-order valence-electron chi connectivity index (χ1n) is 9.36. The number of aromatic nitrogens is 4. The van der Waals surface area contributed by atoms with Crippen LogP contribution >= 0.6 is 11.3 Å². The van der Waals surface area contributed by atoms with Gasteiger partial charge in [0, 0.05) is 55.1 Å². The number of aryl methyl sites for hydroxylation is 2. The number of rotatable bonds is 6. The van der Waals surface area contributed by atoms with Crippen LogP contribution in [0, 0.1) is 6.92 Å². The van der Waals surface area contributed by atoms with Gasteiger partial charge in [0.25, 0.3) is 0 Å². The molecule has 7 nitrogen and oxygen atoms in total. The molecular formula is C20H22N6OS. The fourth-order valence-corrected chi connectivity index (χ4v) is 3.95. The Balaban J connectivity index is 1.32. The molecule has 1 atom stereocenters. The standard InChI is InChI=1S/C20H22N6OS/c1-14-23-17(13-28-14)4-5-19(27)24-16-7-10-26(12-16)20-22-9-6-18(25-20)15-3-2-8-21-11-15/h2-3,6,8-9,11,13,16H,4-5,7,10,12H2,1H3,(H,24,27). The van der Waals surface area contributed by atoms with Crippen molar-refractivity contribution < 1.29 is 4.79 Å². The van der Waals surface area contributed by atoms with Crippen LogP contribution in [0.4, 0.5) is 5.95 Å². The topological polar surface area (TPSA) is 83.9 Å². The van der Waals surface area contributed by atoms with E-state index in [-0.39, 0.29) is 11.9 Å². The van der Waals surface area contributed by atoms with Gasteiger partial charge >= 0.3 is 0 Å². The maximum Gasteiger partial charge on any atom is 0.225 e. The number of nitrogens with one attached hydrogen (secondary N) is 1. The molecule has 8 heteroatoms. The van der Waals surface area contributed by atoms with Crippen molar-refractivity contribution in [1.82, 2.24) is 25.3 Å². The van der Waals surface area contributed by atoms with Gasteiger partial charge in [-0.3, -0.25) is 9.78 Å². The third-order valence-electron chi connectivity index (χ3n) is 4.71. The van der Waals surface area contributed by atoms with Crippen molar-refractivity contribution in [2.24, 2.45) is 0 Å². The van der Waals surface area contributed by atoms with Crippen LogP contribution in [0.5, 0.6) is 0 Å². The first-order valence-corrected chi connectivity index (χ1v) is 10.2. The molecule has 0 aromatic carbocycles. The molecule has 1 saturated heterocycles. The van der Waals surface area contributed by atoms with E-state index in [0.717, 1.165) is 41.5 Å². The van der Waals surface area contributed by atoms with Crippen molar-refractivity contribution in [2.75, 3.05) is 18.0 Å². The summed E-state index contributed by atoms with van der Waals surface area (Å²) in [5.74, 6) is 0.763. The summed E-state index contributed by atoms with van der Waals surface area (Å²) in [5, 5.41) is 6.19. The van der Waals surface area contributed by atoms with Crippen molar-refractivity contribution in [2.45, 2.75) is 32.2 Å². The van der Waals surface area contributed by atoms with Crippen LogP contribution in [0.15, 0.2) is 42.2 Å². The summed E-state index contributed by atoms with van der Waals surface area (Å²) in [4.78, 5) is 32.0. The SMILES string of the molecule is Cc1nc(CCC(=O)NC2CCN(c3nccc(-c4cccnc4)n3)C2)cs1. The van der Waals surface area contributed by atoms with Crippen LogP contribution in [-0.2, 0) is 11.2 Å². The van der Waals surface area contributed by atoms with Gasteiger partial charge in [-0.15, -0.1) is 11.3 Å². The quantitative estimate of drug-likeness (QED) is 0.692. The number of hydrogen-bond donors (Lipinski definition) is 1. The molecule has 1 fully saturated rings. The highest BCUT2D eigenvalue weighted by molar-refractivity contribution is 7.09. The molecule has 0 radical (unpaired) electrons. The number of carbonyl (C=O) groups excluding carboxylic acids is 1. The van der Waals surface area contributed by atoms with Crippen molar-refractivity contribution in [3.05, 3.63) is 52.9 Å². The van der Waals surface area contributed by atoms with Crippen molar-refractivity contribution in [3.8, 4) is 11.3 Å². The highest BCUT2D eigenvalue weighted by Gasteiger charge is 2.25. The minimum absolute atomic E-state index is 0.0718. The number of hydrogen-bond acceptors (Lipinski definition) is 7. The summed E-state index contributed by atoms with van der Waals surface area (Å²) >= 11 is 1.62. The molecular weight excluding hydrogens is 372 g/mol. The molecule has 4 heterocycles. The number of nitrogens with zero attached hydrogens (tertiary/aromatic N) is 5. The summed E-state index contributed by atoms with van der Waals surface area (Å²) in [6.07, 6.45) is 7.35. The third-order valence-corrected chi connectivity index (χ3v) is 5.53. The molecule has 0 saturated carbocycles. The van der Waals surface area contributed by atoms with E-state index in [1.807, 2.05) is 30.5 Å². The Morgan fingerprint density at radius 3 is 3.04 bits per heavy atom. The van der Waals surface area contributed by atoms with E-state index in [0.29, 0.717) is 18.8 Å². The number of thiazole rings is 1. The molecule has 28 heavy (non-hydrogen) atoms. The van der Waals surface area contributed by atoms with E-state index in [9.17, 15) is 4.79 Å². The van der Waals surface area contributed by atoms with E-state index < -0.39 is 0 Å². The van der Waals surface area contributed by atoms with Gasteiger partial charge in [-0.1, -0.05) is 0 Å². The predicted molar refractivity (Wildman–Crippen MR) is 109 cm³/mol. The third kappa shape index (κ3) is 4.51. The van der Waals surface area contributed by atoms with Crippen molar-refractivity contribution in [1.29, 1.82) is 0 Å². The molecule has 0 aliphatic carbocycles. The molecule has 144 valence electrons. The van der Waals surface area contributed by atoms with Crippen molar-refractivity contribution >= 4 is 23.2 Å². The second-order valence-electron chi connectivity index (χ2n) is 6.84. The summed E-state index contributed by atoms with van der Waals surface area (Å²) in [6, 6.07) is 5.88. The maximum atomic E-state index is 12.3. The number of anilines is 1. The molecule has 1 amide bonds. The number of amides is 1. The molecule has 3 aromatic rings. The summed E-state index contributed by atoms with van der Waals surface area (Å²) in [6.45, 7) is 3.53. The van der Waals surface area contributed by atoms with Gasteiger partial charge < -0.3 is 10.2 Å². The monoisotopic (exact) mass is 394 g/mol. The van der Waals surface area contributed by atoms with E-state index >= 15 is 0 Å². The first kappa shape index (κ1) is 18.5. The zero-order valence-electron chi connectivity index (χ0n) is 15.7. The average molecular weight is 395 g/mol. The van der Waals surface area contributed by atoms with Gasteiger partial charge in [-0.2, -0.15) is 0 Å². The van der Waals surface area contributed by atoms with Gasteiger partial charge in [-0.25, -0.2) is 15.0 Å². The van der Waals surface area contributed by atoms with E-state index in [1.54, 1.807) is 29.9 Å². The van der Waals surface area contributed by atoms with Crippen LogP contribution in [-0.4, -0.2) is 45.0 Å². The fraction of sp³-hybridized carbons (Fsp3) is 0.350. The normalized spacial score (nSPS) is 16.3. The first-order chi connectivity index (χ1) is 13.7. The van der Waals surface area contributed by atoms with Crippen LogP contribution < -0.4 is 10.2 Å². The second-order valence-corrected chi connectivity index (χ2v) is 7.90. The van der Waals surface area contributed by atoms with Crippen LogP contribution in [0.2, 0.25) is 0 Å². The Labute approximate surface area is 167 Å². The summed E-state index contributed by atoms with van der Waals surface area (Å²) < 4.78 is 0. The molecule has 4 rings (SSSR count). The Morgan fingerprint density at radius 1 is 1.32 bits per heavy atom. The smallest absolute Gasteiger partial charge is 0.225 e. The Morgan fingerprint density at radius 2 is 2.25 bits per heavy atom. The van der Waals surface area contributed by atoms with Crippen LogP contribution in [0.1, 0.15) is 23.5 Å². The van der Waals surface area contributed by atoms with Gasteiger partial charge in [0.05, 0.1) is 16.4 Å². The molecule has 1 aliphatic rings. The lowest BCUT2D eigenvalue weighted by Gasteiger charge is -2.17. The van der Waals surface area contributed by atoms with Gasteiger partial charge in [0.2, 0.25) is 11.9 Å². The van der Waals surface area contributed by atoms with E-state index in [2.05, 4.69) is 30.2 Å². The predicted octanol–water partition coefficient (Wildman–Crippen LogP) is 2.63. The fourth-order valence-electron chi connectivity index (χ4n) is 3.30. The highest BCUT2D eigenvalue weighted by Crippen LogP contribution is 2.21. The zero-order chi connectivity index (χ0) is 19.3. The minimum atomic E-state index is 0.0718. The minimum Gasteiger partial charge on any atom is -0.352 e. The highest BCUT2D eigenvalue weighted by atomic mass is 32.1. The molecule has 1 aliphatic heterocycles. The second kappa shape index (κ2) is 8.43. The summed E-state index contributed by atoms with van der Waals surface area (Å²) in [7, 11) is 0. The number of pyridine rings is 1. The van der Waals surface area contributed by atoms with Crippen molar-refractivity contribution in [3.63, 3.8) is 0 Å². The maximum absolute atomic E-state index is 12.3. The van der Waals surface area contributed by atoms with E-state index in [4.69, 9.17) is 0 Å². The molecule has 1 unspecified atom stereocenters. The molecule has 0 spiro atoms. The Hall–Kier alpha value is -2.87. The van der Waals surface area contributed by atoms with Gasteiger partial charge in [0.1, 0.15) is 0 Å². The Kier molecular flexibility index (Phi) is 5.57. The lowest BCUT2D eigenvalue weighted by atomic mass is 10.2. The van der Waals surface area contributed by atoms with Crippen LogP contribution in [0.3, 0.4) is 0 Å². The van der Waals surface area contributed by atoms with E-state index in [1.165, 1.54) is 0 Å². The van der Waals surface area contributed by atoms with Gasteiger partial charge in [-0.05, 0) is 38.0 Å². The molecule has 0 bridgehead atoms. The largest absolute Gasteiger partial charge is 0.352 e. The molecule has 1 N–H and O–H groups in total. The van der Waals surface area contributed by atoms with Crippen LogP contribution in [0.25, 0.3) is 11.3 Å². The Bertz CT molecular complexity index is 945. The lowest BCUT2D eigenvalue weighted by Crippen LogP contribution is -2.37. The molecule has 3 aromatic heterocycles. The average Bonchev–Trinajstić information content (AvgIpc) is 3.36. The zero-order valence-corrected chi connectivity index (χ0v) is 16.5.